The van der Waals surface area contributed by atoms with E-state index in [0.29, 0.717) is 25.1 Å². The Morgan fingerprint density at radius 3 is 2.44 bits per heavy atom. The lowest BCUT2D eigenvalue weighted by Crippen LogP contribution is -2.25. The number of carbonyl (C=O) groups is 3. The van der Waals surface area contributed by atoms with Crippen LogP contribution in [-0.2, 0) is 29.1 Å². The number of amides is 2. The van der Waals surface area contributed by atoms with Crippen molar-refractivity contribution in [2.24, 2.45) is 0 Å². The van der Waals surface area contributed by atoms with E-state index in [1.54, 1.807) is 12.1 Å². The van der Waals surface area contributed by atoms with Crippen molar-refractivity contribution in [3.63, 3.8) is 0 Å². The molecule has 2 N–H and O–H groups in total. The molecule has 1 saturated heterocycles. The van der Waals surface area contributed by atoms with Crippen LogP contribution in [0.5, 0.6) is 0 Å². The summed E-state index contributed by atoms with van der Waals surface area (Å²) in [5.41, 5.74) is 2.88. The van der Waals surface area contributed by atoms with Crippen LogP contribution in [-0.4, -0.2) is 34.3 Å². The molecule has 3 rings (SSSR count). The van der Waals surface area contributed by atoms with Gasteiger partial charge in [-0.3, -0.25) is 9.59 Å². The van der Waals surface area contributed by atoms with Gasteiger partial charge in [0.05, 0.1) is 12.0 Å². The molecule has 0 unspecified atom stereocenters. The van der Waals surface area contributed by atoms with E-state index in [4.69, 9.17) is 5.11 Å². The maximum atomic E-state index is 12.1. The van der Waals surface area contributed by atoms with Crippen LogP contribution < -0.4 is 5.32 Å². The van der Waals surface area contributed by atoms with Crippen molar-refractivity contribution >= 4 is 17.8 Å². The number of benzene rings is 2. The SMILES string of the molecule is O=C(Cc1cccc(C(=O)O)c1)NCc1ccc(CN2CCCC2=O)cc1. The molecule has 0 atom stereocenters. The maximum absolute atomic E-state index is 12.1. The fraction of sp³-hybridized carbons (Fsp3) is 0.286. The third kappa shape index (κ3) is 5.17. The summed E-state index contributed by atoms with van der Waals surface area (Å²) in [6.45, 7) is 1.85. The average molecular weight is 366 g/mol. The number of likely N-dealkylation sites (tertiary alicyclic amines) is 1. The van der Waals surface area contributed by atoms with Gasteiger partial charge in [0.25, 0.3) is 0 Å². The summed E-state index contributed by atoms with van der Waals surface area (Å²) < 4.78 is 0. The lowest BCUT2D eigenvalue weighted by molar-refractivity contribution is -0.128. The Kier molecular flexibility index (Phi) is 5.86. The van der Waals surface area contributed by atoms with Gasteiger partial charge in [0.2, 0.25) is 11.8 Å². The molecule has 1 aliphatic heterocycles. The first kappa shape index (κ1) is 18.6. The van der Waals surface area contributed by atoms with Crippen LogP contribution in [0.3, 0.4) is 0 Å². The third-order valence-corrected chi connectivity index (χ3v) is 4.60. The minimum Gasteiger partial charge on any atom is -0.478 e. The fourth-order valence-corrected chi connectivity index (χ4v) is 3.12. The summed E-state index contributed by atoms with van der Waals surface area (Å²) >= 11 is 0. The zero-order valence-corrected chi connectivity index (χ0v) is 15.0. The quantitative estimate of drug-likeness (QED) is 0.788. The molecule has 0 spiro atoms. The van der Waals surface area contributed by atoms with E-state index in [2.05, 4.69) is 5.32 Å². The molecule has 2 aromatic rings. The molecular weight excluding hydrogens is 344 g/mol. The monoisotopic (exact) mass is 366 g/mol. The molecule has 1 aliphatic rings. The number of nitrogens with zero attached hydrogens (tertiary/aromatic N) is 1. The van der Waals surface area contributed by atoms with Crippen molar-refractivity contribution in [1.29, 1.82) is 0 Å². The molecule has 2 amide bonds. The van der Waals surface area contributed by atoms with Gasteiger partial charge in [-0.1, -0.05) is 36.4 Å². The van der Waals surface area contributed by atoms with Crippen molar-refractivity contribution in [2.75, 3.05) is 6.54 Å². The minimum absolute atomic E-state index is 0.135. The van der Waals surface area contributed by atoms with E-state index < -0.39 is 5.97 Å². The predicted molar refractivity (Wildman–Crippen MR) is 100 cm³/mol. The lowest BCUT2D eigenvalue weighted by Gasteiger charge is -2.15. The van der Waals surface area contributed by atoms with E-state index >= 15 is 0 Å². The molecule has 0 radical (unpaired) electrons. The molecule has 27 heavy (non-hydrogen) atoms. The average Bonchev–Trinajstić information content (AvgIpc) is 3.06. The summed E-state index contributed by atoms with van der Waals surface area (Å²) in [7, 11) is 0. The van der Waals surface area contributed by atoms with Crippen LogP contribution in [0.1, 0.15) is 39.9 Å². The highest BCUT2D eigenvalue weighted by molar-refractivity contribution is 5.88. The Labute approximate surface area is 157 Å². The second-order valence-corrected chi connectivity index (χ2v) is 6.69. The minimum atomic E-state index is -1.01. The van der Waals surface area contributed by atoms with Gasteiger partial charge < -0.3 is 15.3 Å². The van der Waals surface area contributed by atoms with Gasteiger partial charge in [0.1, 0.15) is 0 Å². The Morgan fingerprint density at radius 1 is 1.04 bits per heavy atom. The topological polar surface area (TPSA) is 86.7 Å². The van der Waals surface area contributed by atoms with Gasteiger partial charge in [-0.25, -0.2) is 4.79 Å². The zero-order chi connectivity index (χ0) is 19.2. The van der Waals surface area contributed by atoms with Crippen molar-refractivity contribution in [1.82, 2.24) is 10.2 Å². The second kappa shape index (κ2) is 8.49. The molecule has 0 saturated carbocycles. The lowest BCUT2D eigenvalue weighted by atomic mass is 10.1. The number of nitrogens with one attached hydrogen (secondary N) is 1. The van der Waals surface area contributed by atoms with E-state index in [0.717, 1.165) is 24.1 Å². The number of hydrogen-bond donors (Lipinski definition) is 2. The highest BCUT2D eigenvalue weighted by Gasteiger charge is 2.19. The van der Waals surface area contributed by atoms with Crippen molar-refractivity contribution < 1.29 is 19.5 Å². The summed E-state index contributed by atoms with van der Waals surface area (Å²) in [6.07, 6.45) is 1.70. The van der Waals surface area contributed by atoms with Crippen LogP contribution >= 0.6 is 0 Å². The highest BCUT2D eigenvalue weighted by atomic mass is 16.4. The first-order valence-electron chi connectivity index (χ1n) is 8.96. The second-order valence-electron chi connectivity index (χ2n) is 6.69. The van der Waals surface area contributed by atoms with Crippen molar-refractivity contribution in [2.45, 2.75) is 32.4 Å². The standard InChI is InChI=1S/C21H22N2O4/c24-19(12-17-3-1-4-18(11-17)21(26)27)22-13-15-6-8-16(9-7-15)14-23-10-2-5-20(23)25/h1,3-4,6-9,11H,2,5,10,12-14H2,(H,22,24)(H,26,27). The van der Waals surface area contributed by atoms with Crippen LogP contribution in [0.25, 0.3) is 0 Å². The highest BCUT2D eigenvalue weighted by Crippen LogP contribution is 2.15. The maximum Gasteiger partial charge on any atom is 0.335 e. The van der Waals surface area contributed by atoms with Crippen LogP contribution in [0, 0.1) is 0 Å². The van der Waals surface area contributed by atoms with Gasteiger partial charge in [-0.2, -0.15) is 0 Å². The summed E-state index contributed by atoms with van der Waals surface area (Å²) in [5.74, 6) is -0.962. The molecule has 6 nitrogen and oxygen atoms in total. The first-order valence-corrected chi connectivity index (χ1v) is 8.96. The molecule has 0 aliphatic carbocycles. The Bertz CT molecular complexity index is 846. The number of carbonyl (C=O) groups excluding carboxylic acids is 2. The van der Waals surface area contributed by atoms with Crippen LogP contribution in [0.4, 0.5) is 0 Å². The molecule has 6 heteroatoms. The van der Waals surface area contributed by atoms with Gasteiger partial charge >= 0.3 is 5.97 Å². The molecular formula is C21H22N2O4. The molecule has 140 valence electrons. The molecule has 2 aromatic carbocycles. The molecule has 1 fully saturated rings. The van der Waals surface area contributed by atoms with Gasteiger partial charge in [0, 0.05) is 26.1 Å². The normalized spacial score (nSPS) is 13.6. The van der Waals surface area contributed by atoms with Gasteiger partial charge in [-0.05, 0) is 35.2 Å². The van der Waals surface area contributed by atoms with Gasteiger partial charge in [-0.15, -0.1) is 0 Å². The number of carboxylic acids is 1. The number of hydrogen-bond acceptors (Lipinski definition) is 3. The summed E-state index contributed by atoms with van der Waals surface area (Å²) in [4.78, 5) is 36.6. The first-order chi connectivity index (χ1) is 13.0. The largest absolute Gasteiger partial charge is 0.478 e. The van der Waals surface area contributed by atoms with E-state index in [1.165, 1.54) is 12.1 Å². The van der Waals surface area contributed by atoms with E-state index in [-0.39, 0.29) is 23.8 Å². The zero-order valence-electron chi connectivity index (χ0n) is 15.0. The van der Waals surface area contributed by atoms with Crippen molar-refractivity contribution in [3.05, 3.63) is 70.8 Å². The Hall–Kier alpha value is -3.15. The Balaban J connectivity index is 1.49. The number of rotatable bonds is 7. The number of carboxylic acid groups (broad SMARTS) is 1. The smallest absolute Gasteiger partial charge is 0.335 e. The van der Waals surface area contributed by atoms with Gasteiger partial charge in [0.15, 0.2) is 0 Å². The Morgan fingerprint density at radius 2 is 1.78 bits per heavy atom. The predicted octanol–water partition coefficient (Wildman–Crippen LogP) is 2.37. The van der Waals surface area contributed by atoms with E-state index in [1.807, 2.05) is 29.2 Å². The van der Waals surface area contributed by atoms with Crippen molar-refractivity contribution in [3.8, 4) is 0 Å². The fourth-order valence-electron chi connectivity index (χ4n) is 3.12. The molecule has 1 heterocycles. The molecule has 0 bridgehead atoms. The third-order valence-electron chi connectivity index (χ3n) is 4.60. The molecule has 0 aromatic heterocycles. The van der Waals surface area contributed by atoms with Crippen LogP contribution in [0.15, 0.2) is 48.5 Å². The summed E-state index contributed by atoms with van der Waals surface area (Å²) in [5, 5.41) is 11.8. The van der Waals surface area contributed by atoms with Crippen LogP contribution in [0.2, 0.25) is 0 Å². The summed E-state index contributed by atoms with van der Waals surface area (Å²) in [6, 6.07) is 14.2. The number of aromatic carboxylic acids is 1. The van der Waals surface area contributed by atoms with E-state index in [9.17, 15) is 14.4 Å².